The number of nitrogens with zero attached hydrogens (tertiary/aromatic N) is 4. The second-order valence-corrected chi connectivity index (χ2v) is 21.2. The van der Waals surface area contributed by atoms with Crippen LogP contribution in [0.25, 0.3) is 52.3 Å². The average Bonchev–Trinajstić information content (AvgIpc) is 4.07. The van der Waals surface area contributed by atoms with Crippen LogP contribution in [0.15, 0.2) is 48.5 Å². The first kappa shape index (κ1) is 43.2. The van der Waals surface area contributed by atoms with Crippen molar-refractivity contribution in [1.82, 2.24) is 40.4 Å². The molecule has 16 heteroatoms. The molecule has 328 valence electrons. The molecule has 6 aromatic rings. The third-order valence-electron chi connectivity index (χ3n) is 12.2. The molecule has 4 amide bonds. The van der Waals surface area contributed by atoms with Crippen molar-refractivity contribution < 1.29 is 28.7 Å². The lowest BCUT2D eigenvalue weighted by molar-refractivity contribution is -0.136. The molecular formula is C46H56N8O6S2. The van der Waals surface area contributed by atoms with Gasteiger partial charge in [0.25, 0.3) is 0 Å². The van der Waals surface area contributed by atoms with E-state index in [0.29, 0.717) is 13.1 Å². The standard InChI is InChI=1S/C46H56N8O6S2/c1-23(2)37(51-43(57)59-9)41(55)53-21-45(5,6)19-31(53)39-47-27-13-11-25(15-29(27)49-39)33-17-35-36(61-33)18-34(62-35)26-12-14-28-30(16-26)50-40(48-28)32-20-46(7,8)22-54(32)42(56)38(24(3)4)52-44(58)60-10/h11-18,23-24,31-32,37-38H,19-22H2,1-10H3,(H,47,49)(H,48,50)(H,51,57)(H,52,58)/t31-,32-,37-,38-/m0/s1. The summed E-state index contributed by atoms with van der Waals surface area (Å²) in [6, 6.07) is 15.1. The molecule has 0 bridgehead atoms. The number of H-pyrrole nitrogens is 2. The molecule has 2 aromatic carbocycles. The fraction of sp³-hybridized carbons (Fsp3) is 0.478. The van der Waals surface area contributed by atoms with Gasteiger partial charge in [0.1, 0.15) is 23.7 Å². The SMILES string of the molecule is COC(=O)N[C@H](C(=O)N1CC(C)(C)C[C@H]1c1nc2cc(-c3cc4sc(-c5ccc6[nH]c([C@@H]7CC(C)(C)CN7C(=O)[C@@H](NC(=O)OC)C(C)C)nc6c5)cc4s3)ccc2[nH]1)C(C)C. The van der Waals surface area contributed by atoms with Crippen LogP contribution in [0.2, 0.25) is 0 Å². The molecule has 4 N–H and O–H groups in total. The van der Waals surface area contributed by atoms with Gasteiger partial charge in [-0.1, -0.05) is 67.5 Å². The van der Waals surface area contributed by atoms with E-state index in [1.807, 2.05) is 37.5 Å². The maximum Gasteiger partial charge on any atom is 0.407 e. The van der Waals surface area contributed by atoms with E-state index in [1.54, 1.807) is 22.7 Å². The number of carbonyl (C=O) groups excluding carboxylic acids is 4. The largest absolute Gasteiger partial charge is 0.453 e. The highest BCUT2D eigenvalue weighted by molar-refractivity contribution is 7.31. The number of thiophene rings is 2. The Bertz CT molecular complexity index is 2480. The summed E-state index contributed by atoms with van der Waals surface area (Å²) in [5, 5.41) is 5.49. The van der Waals surface area contributed by atoms with E-state index in [9.17, 15) is 19.2 Å². The highest BCUT2D eigenvalue weighted by Crippen LogP contribution is 2.46. The lowest BCUT2D eigenvalue weighted by Crippen LogP contribution is -2.51. The predicted molar refractivity (Wildman–Crippen MR) is 244 cm³/mol. The van der Waals surface area contributed by atoms with Gasteiger partial charge in [-0.15, -0.1) is 22.7 Å². The predicted octanol–water partition coefficient (Wildman–Crippen LogP) is 9.41. The lowest BCUT2D eigenvalue weighted by Gasteiger charge is -2.30. The summed E-state index contributed by atoms with van der Waals surface area (Å²) in [6.07, 6.45) is 0.223. The highest BCUT2D eigenvalue weighted by Gasteiger charge is 2.46. The molecule has 2 fully saturated rings. The number of aromatic nitrogens is 4. The number of ether oxygens (including phenoxy) is 2. The molecule has 0 unspecified atom stereocenters. The van der Waals surface area contributed by atoms with Crippen molar-refractivity contribution in [2.24, 2.45) is 22.7 Å². The second-order valence-electron chi connectivity index (χ2n) is 19.1. The highest BCUT2D eigenvalue weighted by atomic mass is 32.1. The van der Waals surface area contributed by atoms with Gasteiger partial charge in [-0.05, 0) is 83.0 Å². The maximum atomic E-state index is 14.0. The van der Waals surface area contributed by atoms with Gasteiger partial charge in [0, 0.05) is 32.2 Å². The Morgan fingerprint density at radius 1 is 0.661 bits per heavy atom. The zero-order valence-corrected chi connectivity index (χ0v) is 38.6. The number of hydrogen-bond acceptors (Lipinski definition) is 10. The zero-order valence-electron chi connectivity index (χ0n) is 37.0. The molecule has 8 rings (SSSR count). The van der Waals surface area contributed by atoms with Gasteiger partial charge in [0.2, 0.25) is 11.8 Å². The minimum absolute atomic E-state index is 0.126. The number of rotatable bonds is 10. The smallest absolute Gasteiger partial charge is 0.407 e. The van der Waals surface area contributed by atoms with Gasteiger partial charge >= 0.3 is 12.2 Å². The van der Waals surface area contributed by atoms with Crippen molar-refractivity contribution >= 4 is 78.1 Å². The van der Waals surface area contributed by atoms with Gasteiger partial charge in [-0.2, -0.15) is 0 Å². The summed E-state index contributed by atoms with van der Waals surface area (Å²) in [5.74, 6) is 0.932. The van der Waals surface area contributed by atoms with E-state index < -0.39 is 24.3 Å². The second kappa shape index (κ2) is 16.3. The zero-order chi connectivity index (χ0) is 44.4. The van der Waals surface area contributed by atoms with Crippen LogP contribution in [0.5, 0.6) is 0 Å². The molecule has 2 aliphatic rings. The van der Waals surface area contributed by atoms with E-state index in [4.69, 9.17) is 19.4 Å². The topological polar surface area (TPSA) is 175 Å². The summed E-state index contributed by atoms with van der Waals surface area (Å²) < 4.78 is 12.0. The third-order valence-corrected chi connectivity index (χ3v) is 14.6. The van der Waals surface area contributed by atoms with Crippen molar-refractivity contribution in [2.75, 3.05) is 27.3 Å². The third kappa shape index (κ3) is 8.38. The molecule has 6 heterocycles. The lowest BCUT2D eigenvalue weighted by atomic mass is 9.90. The van der Waals surface area contributed by atoms with Gasteiger partial charge in [-0.25, -0.2) is 19.6 Å². The van der Waals surface area contributed by atoms with Crippen LogP contribution in [-0.4, -0.2) is 93.1 Å². The van der Waals surface area contributed by atoms with E-state index in [2.05, 4.69) is 96.8 Å². The summed E-state index contributed by atoms with van der Waals surface area (Å²) >= 11 is 3.48. The Hall–Kier alpha value is -5.48. The van der Waals surface area contributed by atoms with Crippen LogP contribution in [0.1, 0.15) is 92.0 Å². The Morgan fingerprint density at radius 2 is 1.05 bits per heavy atom. The quantitative estimate of drug-likeness (QED) is 0.105. The van der Waals surface area contributed by atoms with Crippen molar-refractivity contribution in [3.05, 3.63) is 60.2 Å². The van der Waals surface area contributed by atoms with Crippen molar-refractivity contribution in [2.45, 2.75) is 92.4 Å². The van der Waals surface area contributed by atoms with Gasteiger partial charge in [0.15, 0.2) is 0 Å². The molecule has 0 spiro atoms. The van der Waals surface area contributed by atoms with Gasteiger partial charge < -0.3 is 39.9 Å². The molecule has 2 saturated heterocycles. The van der Waals surface area contributed by atoms with Crippen molar-refractivity contribution in [3.8, 4) is 20.9 Å². The normalized spacial score (nSPS) is 19.5. The number of imidazole rings is 2. The molecule has 0 aliphatic carbocycles. The first-order valence-corrected chi connectivity index (χ1v) is 22.8. The van der Waals surface area contributed by atoms with Gasteiger partial charge in [0.05, 0.1) is 48.4 Å². The number of benzene rings is 2. The number of likely N-dealkylation sites (tertiary alicyclic amines) is 2. The Kier molecular flexibility index (Phi) is 11.4. The monoisotopic (exact) mass is 880 g/mol. The molecule has 62 heavy (non-hydrogen) atoms. The number of fused-ring (bicyclic) bond motifs is 3. The van der Waals surface area contributed by atoms with Crippen LogP contribution in [0.3, 0.4) is 0 Å². The number of hydrogen-bond donors (Lipinski definition) is 4. The molecule has 0 radical (unpaired) electrons. The number of aromatic amines is 2. The molecule has 14 nitrogen and oxygen atoms in total. The minimum Gasteiger partial charge on any atom is -0.453 e. The molecule has 4 aromatic heterocycles. The molecule has 0 saturated carbocycles. The van der Waals surface area contributed by atoms with Crippen LogP contribution in [-0.2, 0) is 19.1 Å². The van der Waals surface area contributed by atoms with Crippen LogP contribution >= 0.6 is 22.7 Å². The van der Waals surface area contributed by atoms with Crippen molar-refractivity contribution in [1.29, 1.82) is 0 Å². The van der Waals surface area contributed by atoms with E-state index in [-0.39, 0.29) is 46.6 Å². The van der Waals surface area contributed by atoms with E-state index >= 15 is 0 Å². The first-order valence-electron chi connectivity index (χ1n) is 21.2. The number of alkyl carbamates (subject to hydrolysis) is 2. The van der Waals surface area contributed by atoms with Crippen LogP contribution in [0.4, 0.5) is 9.59 Å². The fourth-order valence-corrected chi connectivity index (χ4v) is 11.4. The molecule has 4 atom stereocenters. The Balaban J connectivity index is 1.02. The van der Waals surface area contributed by atoms with E-state index in [0.717, 1.165) is 67.4 Å². The minimum atomic E-state index is -0.716. The molecular weight excluding hydrogens is 825 g/mol. The van der Waals surface area contributed by atoms with Crippen LogP contribution in [0, 0.1) is 22.7 Å². The summed E-state index contributed by atoms with van der Waals surface area (Å²) in [6.45, 7) is 17.4. The number of carbonyl (C=O) groups is 4. The van der Waals surface area contributed by atoms with Gasteiger partial charge in [-0.3, -0.25) is 9.59 Å². The number of methoxy groups -OCH3 is 2. The number of nitrogens with one attached hydrogen (secondary N) is 4. The van der Waals surface area contributed by atoms with Crippen molar-refractivity contribution in [3.63, 3.8) is 0 Å². The van der Waals surface area contributed by atoms with Crippen LogP contribution < -0.4 is 10.6 Å². The summed E-state index contributed by atoms with van der Waals surface area (Å²) in [4.78, 5) is 75.3. The maximum absolute atomic E-state index is 14.0. The average molecular weight is 881 g/mol. The Labute approximate surface area is 369 Å². The van der Waals surface area contributed by atoms with E-state index in [1.165, 1.54) is 23.6 Å². The first-order chi connectivity index (χ1) is 29.3. The molecule has 2 aliphatic heterocycles. The number of amides is 4. The summed E-state index contributed by atoms with van der Waals surface area (Å²) in [7, 11) is 2.60. The Morgan fingerprint density at radius 3 is 1.40 bits per heavy atom. The fourth-order valence-electron chi connectivity index (χ4n) is 9.04. The summed E-state index contributed by atoms with van der Waals surface area (Å²) in [5.41, 5.74) is 5.34.